The molecule has 0 spiro atoms. The van der Waals surface area contributed by atoms with Crippen molar-refractivity contribution in [3.63, 3.8) is 0 Å². The Morgan fingerprint density at radius 1 is 1.59 bits per heavy atom. The van der Waals surface area contributed by atoms with Crippen LogP contribution in [0.15, 0.2) is 17.5 Å². The predicted molar refractivity (Wildman–Crippen MR) is 69.5 cm³/mol. The molecule has 2 N–H and O–H groups in total. The van der Waals surface area contributed by atoms with Gasteiger partial charge in [-0.25, -0.2) is 0 Å². The highest BCUT2D eigenvalue weighted by atomic mass is 32.1. The second kappa shape index (κ2) is 4.78. The molecule has 4 heteroatoms. The van der Waals surface area contributed by atoms with Gasteiger partial charge < -0.3 is 10.4 Å². The molecular formula is C13H19NO2S. The number of rotatable bonds is 5. The number of aliphatic carboxylic acids is 1. The SMILES string of the molecule is CC(C)(CNC1CCC1C(=O)O)c1cccs1. The molecule has 1 fully saturated rings. The van der Waals surface area contributed by atoms with Gasteiger partial charge in [0.25, 0.3) is 0 Å². The second-order valence-corrected chi connectivity index (χ2v) is 6.32. The van der Waals surface area contributed by atoms with Gasteiger partial charge in [0.1, 0.15) is 0 Å². The Morgan fingerprint density at radius 3 is 2.82 bits per heavy atom. The van der Waals surface area contributed by atoms with Crippen molar-refractivity contribution in [2.75, 3.05) is 6.54 Å². The molecule has 2 unspecified atom stereocenters. The van der Waals surface area contributed by atoms with E-state index in [-0.39, 0.29) is 17.4 Å². The molecule has 2 rings (SSSR count). The maximum Gasteiger partial charge on any atom is 0.308 e. The Kier molecular flexibility index (Phi) is 3.54. The van der Waals surface area contributed by atoms with Gasteiger partial charge in [0.05, 0.1) is 5.92 Å². The van der Waals surface area contributed by atoms with Crippen LogP contribution in [0.3, 0.4) is 0 Å². The summed E-state index contributed by atoms with van der Waals surface area (Å²) >= 11 is 1.76. The van der Waals surface area contributed by atoms with Crippen LogP contribution in [0.4, 0.5) is 0 Å². The molecule has 1 aliphatic rings. The molecule has 0 saturated heterocycles. The number of thiophene rings is 1. The van der Waals surface area contributed by atoms with E-state index in [9.17, 15) is 4.79 Å². The molecule has 0 bridgehead atoms. The number of carboxylic acid groups (broad SMARTS) is 1. The lowest BCUT2D eigenvalue weighted by molar-refractivity contribution is -0.146. The summed E-state index contributed by atoms with van der Waals surface area (Å²) in [5, 5.41) is 14.5. The summed E-state index contributed by atoms with van der Waals surface area (Å²) < 4.78 is 0. The molecule has 0 radical (unpaired) electrons. The Bertz CT molecular complexity index is 386. The maximum atomic E-state index is 10.9. The summed E-state index contributed by atoms with van der Waals surface area (Å²) in [4.78, 5) is 12.3. The number of hydrogen-bond acceptors (Lipinski definition) is 3. The fraction of sp³-hybridized carbons (Fsp3) is 0.615. The lowest BCUT2D eigenvalue weighted by atomic mass is 9.78. The summed E-state index contributed by atoms with van der Waals surface area (Å²) in [5.74, 6) is -0.850. The van der Waals surface area contributed by atoms with Crippen molar-refractivity contribution in [1.82, 2.24) is 5.32 Å². The molecular weight excluding hydrogens is 234 g/mol. The first-order chi connectivity index (χ1) is 8.00. The quantitative estimate of drug-likeness (QED) is 0.847. The summed E-state index contributed by atoms with van der Waals surface area (Å²) in [6, 6.07) is 4.36. The fourth-order valence-corrected chi connectivity index (χ4v) is 3.03. The third kappa shape index (κ3) is 2.69. The highest BCUT2D eigenvalue weighted by molar-refractivity contribution is 7.10. The van der Waals surface area contributed by atoms with Gasteiger partial charge in [0.15, 0.2) is 0 Å². The molecule has 0 amide bonds. The second-order valence-electron chi connectivity index (χ2n) is 5.37. The van der Waals surface area contributed by atoms with Gasteiger partial charge in [-0.1, -0.05) is 19.9 Å². The maximum absolute atomic E-state index is 10.9. The van der Waals surface area contributed by atoms with Crippen LogP contribution < -0.4 is 5.32 Å². The van der Waals surface area contributed by atoms with Crippen molar-refractivity contribution in [2.45, 2.75) is 38.1 Å². The van der Waals surface area contributed by atoms with E-state index in [2.05, 4.69) is 36.7 Å². The van der Waals surface area contributed by atoms with Gasteiger partial charge >= 0.3 is 5.97 Å². The lowest BCUT2D eigenvalue weighted by Crippen LogP contribution is -2.50. The van der Waals surface area contributed by atoms with Gasteiger partial charge in [-0.2, -0.15) is 0 Å². The Hall–Kier alpha value is -0.870. The van der Waals surface area contributed by atoms with Gasteiger partial charge in [0, 0.05) is 22.9 Å². The van der Waals surface area contributed by atoms with Crippen LogP contribution in [0.2, 0.25) is 0 Å². The van der Waals surface area contributed by atoms with Crippen LogP contribution in [0.5, 0.6) is 0 Å². The Morgan fingerprint density at radius 2 is 2.35 bits per heavy atom. The van der Waals surface area contributed by atoms with Gasteiger partial charge in [-0.3, -0.25) is 4.79 Å². The first-order valence-electron chi connectivity index (χ1n) is 6.01. The van der Waals surface area contributed by atoms with Crippen LogP contribution in [0.25, 0.3) is 0 Å². The van der Waals surface area contributed by atoms with Crippen LogP contribution in [-0.2, 0) is 10.2 Å². The Balaban J connectivity index is 1.88. The van der Waals surface area contributed by atoms with Crippen LogP contribution in [-0.4, -0.2) is 23.7 Å². The van der Waals surface area contributed by atoms with Gasteiger partial charge in [0.2, 0.25) is 0 Å². The third-order valence-corrected chi connectivity index (χ3v) is 4.82. The van der Waals surface area contributed by atoms with E-state index in [0.717, 1.165) is 19.4 Å². The van der Waals surface area contributed by atoms with Crippen LogP contribution in [0.1, 0.15) is 31.6 Å². The van der Waals surface area contributed by atoms with Crippen molar-refractivity contribution in [3.8, 4) is 0 Å². The van der Waals surface area contributed by atoms with Crippen molar-refractivity contribution in [1.29, 1.82) is 0 Å². The predicted octanol–water partition coefficient (Wildman–Crippen LogP) is 2.48. The first kappa shape index (κ1) is 12.6. The minimum atomic E-state index is -0.664. The summed E-state index contributed by atoms with van der Waals surface area (Å²) in [6.45, 7) is 5.22. The van der Waals surface area contributed by atoms with Crippen molar-refractivity contribution >= 4 is 17.3 Å². The molecule has 94 valence electrons. The molecule has 3 nitrogen and oxygen atoms in total. The molecule has 1 aliphatic carbocycles. The van der Waals surface area contributed by atoms with Crippen molar-refractivity contribution in [3.05, 3.63) is 22.4 Å². The van der Waals surface area contributed by atoms with Crippen LogP contribution in [0, 0.1) is 5.92 Å². The van der Waals surface area contributed by atoms with E-state index in [0.29, 0.717) is 0 Å². The Labute approximate surface area is 106 Å². The van der Waals surface area contributed by atoms with Crippen molar-refractivity contribution in [2.24, 2.45) is 5.92 Å². The number of carboxylic acids is 1. The minimum Gasteiger partial charge on any atom is -0.481 e. The molecule has 1 aromatic heterocycles. The van der Waals surface area contributed by atoms with E-state index >= 15 is 0 Å². The number of carbonyl (C=O) groups is 1. The molecule has 1 aromatic rings. The van der Waals surface area contributed by atoms with E-state index in [1.165, 1.54) is 4.88 Å². The monoisotopic (exact) mass is 253 g/mol. The van der Waals surface area contributed by atoms with E-state index < -0.39 is 5.97 Å². The number of hydrogen-bond donors (Lipinski definition) is 2. The third-order valence-electron chi connectivity index (χ3n) is 3.59. The minimum absolute atomic E-state index is 0.0762. The normalized spacial score (nSPS) is 24.4. The molecule has 1 saturated carbocycles. The average Bonchev–Trinajstić information content (AvgIpc) is 2.67. The molecule has 1 heterocycles. The lowest BCUT2D eigenvalue weighted by Gasteiger charge is -2.36. The average molecular weight is 253 g/mol. The molecule has 2 atom stereocenters. The highest BCUT2D eigenvalue weighted by Crippen LogP contribution is 2.30. The summed E-state index contributed by atoms with van der Waals surface area (Å²) in [7, 11) is 0. The fourth-order valence-electron chi connectivity index (χ4n) is 2.18. The topological polar surface area (TPSA) is 49.3 Å². The highest BCUT2D eigenvalue weighted by Gasteiger charge is 2.37. The molecule has 0 aliphatic heterocycles. The zero-order chi connectivity index (χ0) is 12.5. The largest absolute Gasteiger partial charge is 0.481 e. The first-order valence-corrected chi connectivity index (χ1v) is 6.89. The van der Waals surface area contributed by atoms with E-state index in [4.69, 9.17) is 5.11 Å². The van der Waals surface area contributed by atoms with Gasteiger partial charge in [-0.05, 0) is 24.3 Å². The number of nitrogens with one attached hydrogen (secondary N) is 1. The van der Waals surface area contributed by atoms with E-state index in [1.807, 2.05) is 0 Å². The smallest absolute Gasteiger partial charge is 0.308 e. The zero-order valence-electron chi connectivity index (χ0n) is 10.3. The zero-order valence-corrected chi connectivity index (χ0v) is 11.1. The molecule has 17 heavy (non-hydrogen) atoms. The van der Waals surface area contributed by atoms with Crippen LogP contribution >= 0.6 is 11.3 Å². The molecule has 0 aromatic carbocycles. The van der Waals surface area contributed by atoms with E-state index in [1.54, 1.807) is 11.3 Å². The van der Waals surface area contributed by atoms with Gasteiger partial charge in [-0.15, -0.1) is 11.3 Å². The summed E-state index contributed by atoms with van der Waals surface area (Å²) in [5.41, 5.74) is 0.0762. The standard InChI is InChI=1S/C13H19NO2S/c1-13(2,11-4-3-7-17-11)8-14-10-6-5-9(10)12(15)16/h3-4,7,9-10,14H,5-6,8H2,1-2H3,(H,15,16). The van der Waals surface area contributed by atoms with Crippen molar-refractivity contribution < 1.29 is 9.90 Å². The summed E-state index contributed by atoms with van der Waals surface area (Å²) in [6.07, 6.45) is 1.80.